The van der Waals surface area contributed by atoms with E-state index in [1.807, 2.05) is 52.4 Å². The van der Waals surface area contributed by atoms with Crippen LogP contribution in [-0.4, -0.2) is 55.8 Å². The minimum absolute atomic E-state index is 0.256. The van der Waals surface area contributed by atoms with Crippen molar-refractivity contribution in [2.24, 2.45) is 5.73 Å². The van der Waals surface area contributed by atoms with Gasteiger partial charge >= 0.3 is 0 Å². The Balaban J connectivity index is 1.46. The van der Waals surface area contributed by atoms with Crippen molar-refractivity contribution < 1.29 is 9.53 Å². The smallest absolute Gasteiger partial charge is 0.254 e. The zero-order valence-corrected chi connectivity index (χ0v) is 22.3. The number of nitrogens with one attached hydrogen (secondary N) is 1. The molecule has 1 saturated heterocycles. The zero-order chi connectivity index (χ0) is 26.9. The molecule has 1 amide bonds. The maximum absolute atomic E-state index is 12.1. The molecule has 5 aromatic rings. The summed E-state index contributed by atoms with van der Waals surface area (Å²) in [4.78, 5) is 19.5. The molecule has 9 heteroatoms. The number of fused-ring (bicyclic) bond motifs is 2. The van der Waals surface area contributed by atoms with Crippen LogP contribution in [0.3, 0.4) is 0 Å². The van der Waals surface area contributed by atoms with Gasteiger partial charge in [0.1, 0.15) is 5.52 Å². The van der Waals surface area contributed by atoms with Gasteiger partial charge < -0.3 is 15.8 Å². The Labute approximate surface area is 227 Å². The minimum atomic E-state index is -0.456. The maximum atomic E-state index is 12.1. The quantitative estimate of drug-likeness (QED) is 0.314. The predicted molar refractivity (Wildman–Crippen MR) is 152 cm³/mol. The predicted octanol–water partition coefficient (Wildman–Crippen LogP) is 4.30. The highest BCUT2D eigenvalue weighted by Crippen LogP contribution is 2.28. The van der Waals surface area contributed by atoms with Crippen LogP contribution in [0.5, 0.6) is 0 Å². The molecule has 1 unspecified atom stereocenters. The van der Waals surface area contributed by atoms with Crippen molar-refractivity contribution in [2.75, 3.05) is 25.0 Å². The molecule has 200 valence electrons. The number of carbonyl (C=O) groups is 1. The standard InChI is InChI=1S/C30H33N7O2/c1-3-23-19-35(14-15-39-23)18-22-12-13-27-29(32-17-21-8-5-4-6-9-21)33-30(34-37(22)27)36-20(2)16-25-24(28(31)38)10-7-11-26(25)36/h4-13,16,23H,3,14-15,17-19H2,1-2H3,(H2,31,38)(H,32,33,34). The molecule has 1 atom stereocenters. The number of morpholine rings is 1. The topological polar surface area (TPSA) is 103 Å². The van der Waals surface area contributed by atoms with Crippen molar-refractivity contribution >= 4 is 28.1 Å². The number of hydrogen-bond acceptors (Lipinski definition) is 6. The van der Waals surface area contributed by atoms with E-state index in [0.717, 1.165) is 71.9 Å². The third-order valence-electron chi connectivity index (χ3n) is 7.44. The number of aryl methyl sites for hydroxylation is 1. The van der Waals surface area contributed by atoms with E-state index in [0.29, 0.717) is 18.1 Å². The summed E-state index contributed by atoms with van der Waals surface area (Å²) in [7, 11) is 0. The molecule has 1 aliphatic heterocycles. The van der Waals surface area contributed by atoms with Gasteiger partial charge in [0.05, 0.1) is 23.9 Å². The minimum Gasteiger partial charge on any atom is -0.376 e. The van der Waals surface area contributed by atoms with Gasteiger partial charge in [0.15, 0.2) is 5.82 Å². The molecule has 4 heterocycles. The fourth-order valence-electron chi connectivity index (χ4n) is 5.41. The number of ether oxygens (including phenoxy) is 1. The van der Waals surface area contributed by atoms with Crippen LogP contribution >= 0.6 is 0 Å². The van der Waals surface area contributed by atoms with Crippen LogP contribution in [0.4, 0.5) is 5.82 Å². The van der Waals surface area contributed by atoms with Crippen LogP contribution in [0, 0.1) is 6.92 Å². The molecule has 0 bridgehead atoms. The van der Waals surface area contributed by atoms with Crippen molar-refractivity contribution in [1.82, 2.24) is 24.1 Å². The fraction of sp³-hybridized carbons (Fsp3) is 0.300. The molecule has 2 aromatic carbocycles. The van der Waals surface area contributed by atoms with E-state index in [1.165, 1.54) is 0 Å². The Morgan fingerprint density at radius 3 is 2.74 bits per heavy atom. The summed E-state index contributed by atoms with van der Waals surface area (Å²) >= 11 is 0. The second-order valence-electron chi connectivity index (χ2n) is 10.1. The number of benzene rings is 2. The van der Waals surface area contributed by atoms with Crippen molar-refractivity contribution in [3.8, 4) is 5.95 Å². The number of aromatic nitrogens is 4. The Morgan fingerprint density at radius 2 is 1.95 bits per heavy atom. The highest BCUT2D eigenvalue weighted by molar-refractivity contribution is 6.06. The summed E-state index contributed by atoms with van der Waals surface area (Å²) < 4.78 is 9.87. The lowest BCUT2D eigenvalue weighted by Crippen LogP contribution is -2.41. The van der Waals surface area contributed by atoms with Crippen molar-refractivity contribution in [3.63, 3.8) is 0 Å². The fourth-order valence-corrected chi connectivity index (χ4v) is 5.41. The van der Waals surface area contributed by atoms with Crippen LogP contribution in [0.2, 0.25) is 0 Å². The molecule has 1 aliphatic rings. The van der Waals surface area contributed by atoms with Crippen molar-refractivity contribution in [1.29, 1.82) is 0 Å². The Morgan fingerprint density at radius 1 is 1.10 bits per heavy atom. The van der Waals surface area contributed by atoms with E-state index in [4.69, 9.17) is 20.6 Å². The van der Waals surface area contributed by atoms with Gasteiger partial charge in [-0.05, 0) is 49.2 Å². The summed E-state index contributed by atoms with van der Waals surface area (Å²) in [5.41, 5.74) is 11.1. The van der Waals surface area contributed by atoms with Gasteiger partial charge in [0.25, 0.3) is 5.95 Å². The average molecular weight is 524 g/mol. The van der Waals surface area contributed by atoms with Crippen molar-refractivity contribution in [3.05, 3.63) is 89.2 Å². The highest BCUT2D eigenvalue weighted by Gasteiger charge is 2.22. The average Bonchev–Trinajstić information content (AvgIpc) is 3.51. The van der Waals surface area contributed by atoms with Gasteiger partial charge in [-0.1, -0.05) is 43.3 Å². The summed E-state index contributed by atoms with van der Waals surface area (Å²) in [5, 5.41) is 9.37. The second-order valence-corrected chi connectivity index (χ2v) is 10.1. The number of nitrogens with zero attached hydrogens (tertiary/aromatic N) is 5. The molecule has 0 aliphatic carbocycles. The first-order valence-electron chi connectivity index (χ1n) is 13.4. The van der Waals surface area contributed by atoms with E-state index in [1.54, 1.807) is 6.07 Å². The SMILES string of the molecule is CCC1CN(Cc2ccc3c(NCc4ccccc4)nc(-n4c(C)cc5c(C(N)=O)cccc54)nn23)CCO1. The first kappa shape index (κ1) is 25.1. The normalized spacial score (nSPS) is 16.2. The molecule has 9 nitrogen and oxygen atoms in total. The third kappa shape index (κ3) is 4.86. The van der Waals surface area contributed by atoms with Gasteiger partial charge in [-0.15, -0.1) is 5.10 Å². The zero-order valence-electron chi connectivity index (χ0n) is 22.3. The van der Waals surface area contributed by atoms with Gasteiger partial charge in [-0.3, -0.25) is 14.3 Å². The van der Waals surface area contributed by atoms with E-state index < -0.39 is 5.91 Å². The van der Waals surface area contributed by atoms with Gasteiger partial charge in [0.2, 0.25) is 5.91 Å². The molecule has 0 spiro atoms. The third-order valence-corrected chi connectivity index (χ3v) is 7.44. The number of carbonyl (C=O) groups excluding carboxylic acids is 1. The highest BCUT2D eigenvalue weighted by atomic mass is 16.5. The number of amides is 1. The maximum Gasteiger partial charge on any atom is 0.254 e. The second kappa shape index (κ2) is 10.5. The summed E-state index contributed by atoms with van der Waals surface area (Å²) in [6.07, 6.45) is 1.25. The molecule has 3 aromatic heterocycles. The number of nitrogens with two attached hydrogens (primary N) is 1. The molecular weight excluding hydrogens is 490 g/mol. The van der Waals surface area contributed by atoms with Gasteiger partial charge in [-0.2, -0.15) is 4.98 Å². The van der Waals surface area contributed by atoms with Crippen LogP contribution in [0.1, 0.15) is 40.7 Å². The van der Waals surface area contributed by atoms with E-state index in [-0.39, 0.29) is 6.10 Å². The van der Waals surface area contributed by atoms with Gasteiger partial charge in [0, 0.05) is 42.8 Å². The Bertz CT molecular complexity index is 1640. The number of hydrogen-bond donors (Lipinski definition) is 2. The van der Waals surface area contributed by atoms with E-state index in [2.05, 4.69) is 41.4 Å². The van der Waals surface area contributed by atoms with E-state index in [9.17, 15) is 4.79 Å². The lowest BCUT2D eigenvalue weighted by molar-refractivity contribution is -0.0329. The summed E-state index contributed by atoms with van der Waals surface area (Å²) in [5.74, 6) is 0.816. The number of primary amides is 1. The number of anilines is 1. The molecule has 6 rings (SSSR count). The summed E-state index contributed by atoms with van der Waals surface area (Å²) in [6, 6.07) is 22.0. The Kier molecular flexibility index (Phi) is 6.76. The molecule has 3 N–H and O–H groups in total. The van der Waals surface area contributed by atoms with E-state index >= 15 is 0 Å². The monoisotopic (exact) mass is 523 g/mol. The van der Waals surface area contributed by atoms with Crippen LogP contribution < -0.4 is 11.1 Å². The molecule has 0 saturated carbocycles. The molecular formula is C30H33N7O2. The molecule has 39 heavy (non-hydrogen) atoms. The Hall–Kier alpha value is -4.21. The molecule has 1 fully saturated rings. The largest absolute Gasteiger partial charge is 0.376 e. The van der Waals surface area contributed by atoms with Crippen LogP contribution in [-0.2, 0) is 17.8 Å². The first-order chi connectivity index (χ1) is 19.0. The van der Waals surface area contributed by atoms with Gasteiger partial charge in [-0.25, -0.2) is 4.52 Å². The molecule has 0 radical (unpaired) electrons. The number of rotatable bonds is 8. The summed E-state index contributed by atoms with van der Waals surface area (Å²) in [6.45, 7) is 8.08. The van der Waals surface area contributed by atoms with Crippen molar-refractivity contribution in [2.45, 2.75) is 39.5 Å². The van der Waals surface area contributed by atoms with Crippen LogP contribution in [0.15, 0.2) is 66.7 Å². The van der Waals surface area contributed by atoms with Crippen LogP contribution in [0.25, 0.3) is 22.4 Å². The first-order valence-corrected chi connectivity index (χ1v) is 13.4. The lowest BCUT2D eigenvalue weighted by Gasteiger charge is -2.32. The lowest BCUT2D eigenvalue weighted by atomic mass is 10.1.